The molecule has 1 atom stereocenters. The number of rotatable bonds is 5. The Morgan fingerprint density at radius 2 is 1.94 bits per heavy atom. The van der Waals surface area contributed by atoms with Crippen LogP contribution < -0.4 is 0 Å². The summed E-state index contributed by atoms with van der Waals surface area (Å²) in [6.45, 7) is 3.60. The fraction of sp³-hybridized carbons (Fsp3) is 0.385. The molecule has 17 heavy (non-hydrogen) atoms. The lowest BCUT2D eigenvalue weighted by atomic mass is 10.1. The third-order valence-electron chi connectivity index (χ3n) is 2.51. The van der Waals surface area contributed by atoms with Crippen molar-refractivity contribution in [1.82, 2.24) is 0 Å². The molecule has 0 radical (unpaired) electrons. The van der Waals surface area contributed by atoms with Gasteiger partial charge in [0.1, 0.15) is 0 Å². The molecule has 92 valence electrons. The highest BCUT2D eigenvalue weighted by molar-refractivity contribution is 5.92. The maximum atomic E-state index is 11.8. The van der Waals surface area contributed by atoms with Crippen LogP contribution in [0.3, 0.4) is 0 Å². The molecule has 0 aliphatic rings. The maximum Gasteiger partial charge on any atom is 0.345 e. The van der Waals surface area contributed by atoms with Crippen molar-refractivity contribution < 1.29 is 19.4 Å². The summed E-state index contributed by atoms with van der Waals surface area (Å²) in [5, 5.41) is 8.82. The highest BCUT2D eigenvalue weighted by Gasteiger charge is 2.21. The van der Waals surface area contributed by atoms with Gasteiger partial charge in [-0.1, -0.05) is 32.0 Å². The Morgan fingerprint density at radius 3 is 2.47 bits per heavy atom. The molecule has 1 N–H and O–H groups in total. The molecule has 4 nitrogen and oxygen atoms in total. The Morgan fingerprint density at radius 1 is 1.29 bits per heavy atom. The summed E-state index contributed by atoms with van der Waals surface area (Å²) in [6, 6.07) is 7.05. The summed E-state index contributed by atoms with van der Waals surface area (Å²) in [6.07, 6.45) is -0.114. The first-order chi connectivity index (χ1) is 8.10. The molecule has 0 spiro atoms. The zero-order valence-electron chi connectivity index (χ0n) is 9.97. The summed E-state index contributed by atoms with van der Waals surface area (Å²) >= 11 is 0. The third-order valence-corrected chi connectivity index (χ3v) is 2.51. The van der Waals surface area contributed by atoms with Crippen LogP contribution in [0.2, 0.25) is 0 Å². The van der Waals surface area contributed by atoms with E-state index < -0.39 is 18.0 Å². The standard InChI is InChI=1S/C13H16O4/c1-3-9-7-5-6-8-10(9)13(16)17-11(4-2)12(14)15/h5-8,11H,3-4H2,1-2H3,(H,14,15). The maximum absolute atomic E-state index is 11.8. The second-order valence-corrected chi connectivity index (χ2v) is 3.65. The van der Waals surface area contributed by atoms with Crippen LogP contribution in [0.15, 0.2) is 24.3 Å². The van der Waals surface area contributed by atoms with Crippen molar-refractivity contribution in [2.75, 3.05) is 0 Å². The molecule has 4 heteroatoms. The first-order valence-electron chi connectivity index (χ1n) is 5.61. The quantitative estimate of drug-likeness (QED) is 0.796. The minimum Gasteiger partial charge on any atom is -0.479 e. The van der Waals surface area contributed by atoms with Crippen LogP contribution in [0.4, 0.5) is 0 Å². The fourth-order valence-corrected chi connectivity index (χ4v) is 1.53. The number of carboxylic acids is 1. The molecule has 0 aliphatic carbocycles. The number of carbonyl (C=O) groups is 2. The SMILES string of the molecule is CCc1ccccc1C(=O)OC(CC)C(=O)O. The predicted molar refractivity (Wildman–Crippen MR) is 63.0 cm³/mol. The van der Waals surface area contributed by atoms with Crippen LogP contribution in [-0.4, -0.2) is 23.1 Å². The minimum absolute atomic E-state index is 0.259. The van der Waals surface area contributed by atoms with Gasteiger partial charge in [-0.2, -0.15) is 0 Å². The number of benzene rings is 1. The van der Waals surface area contributed by atoms with Gasteiger partial charge in [-0.3, -0.25) is 0 Å². The average Bonchev–Trinajstić information content (AvgIpc) is 2.35. The Bertz CT molecular complexity index is 412. The Kier molecular flexibility index (Phi) is 4.69. The number of aryl methyl sites for hydroxylation is 1. The van der Waals surface area contributed by atoms with Gasteiger partial charge < -0.3 is 9.84 Å². The molecule has 0 aliphatic heterocycles. The molecular formula is C13H16O4. The lowest BCUT2D eigenvalue weighted by Crippen LogP contribution is -2.26. The van der Waals surface area contributed by atoms with E-state index in [9.17, 15) is 9.59 Å². The zero-order valence-corrected chi connectivity index (χ0v) is 9.97. The molecule has 1 aromatic carbocycles. The molecule has 0 saturated heterocycles. The van der Waals surface area contributed by atoms with Gasteiger partial charge in [0.15, 0.2) is 6.10 Å². The van der Waals surface area contributed by atoms with Gasteiger partial charge >= 0.3 is 11.9 Å². The second-order valence-electron chi connectivity index (χ2n) is 3.65. The molecule has 1 unspecified atom stereocenters. The van der Waals surface area contributed by atoms with Crippen molar-refractivity contribution in [2.24, 2.45) is 0 Å². The first-order valence-corrected chi connectivity index (χ1v) is 5.61. The summed E-state index contributed by atoms with van der Waals surface area (Å²) in [4.78, 5) is 22.6. The average molecular weight is 236 g/mol. The molecule has 0 bridgehead atoms. The topological polar surface area (TPSA) is 63.6 Å². The van der Waals surface area contributed by atoms with Gasteiger partial charge in [0.2, 0.25) is 0 Å². The van der Waals surface area contributed by atoms with Crippen LogP contribution in [0.25, 0.3) is 0 Å². The van der Waals surface area contributed by atoms with Crippen molar-refractivity contribution in [2.45, 2.75) is 32.8 Å². The van der Waals surface area contributed by atoms with Gasteiger partial charge in [-0.15, -0.1) is 0 Å². The van der Waals surface area contributed by atoms with Crippen LogP contribution in [-0.2, 0) is 16.0 Å². The summed E-state index contributed by atoms with van der Waals surface area (Å²) in [5.74, 6) is -1.69. The second kappa shape index (κ2) is 6.03. The Labute approximate surface area is 100 Å². The van der Waals surface area contributed by atoms with Gasteiger partial charge in [-0.05, 0) is 24.5 Å². The molecule has 0 saturated carbocycles. The first kappa shape index (κ1) is 13.2. The number of ether oxygens (including phenoxy) is 1. The lowest BCUT2D eigenvalue weighted by Gasteiger charge is -2.13. The Balaban J connectivity index is 2.86. The van der Waals surface area contributed by atoms with E-state index in [-0.39, 0.29) is 6.42 Å². The Hall–Kier alpha value is -1.84. The lowest BCUT2D eigenvalue weighted by molar-refractivity contribution is -0.147. The molecule has 0 fully saturated rings. The molecule has 0 heterocycles. The van der Waals surface area contributed by atoms with Crippen molar-refractivity contribution in [3.05, 3.63) is 35.4 Å². The fourth-order valence-electron chi connectivity index (χ4n) is 1.53. The van der Waals surface area contributed by atoms with Crippen LogP contribution in [0, 0.1) is 0 Å². The monoisotopic (exact) mass is 236 g/mol. The number of esters is 1. The van der Waals surface area contributed by atoms with E-state index in [0.29, 0.717) is 12.0 Å². The third kappa shape index (κ3) is 3.31. The number of hydrogen-bond donors (Lipinski definition) is 1. The zero-order chi connectivity index (χ0) is 12.8. The highest BCUT2D eigenvalue weighted by Crippen LogP contribution is 2.13. The van der Waals surface area contributed by atoms with E-state index in [2.05, 4.69) is 0 Å². The van der Waals surface area contributed by atoms with E-state index in [1.165, 1.54) is 0 Å². The van der Waals surface area contributed by atoms with Gasteiger partial charge in [0.25, 0.3) is 0 Å². The molecular weight excluding hydrogens is 220 g/mol. The van der Waals surface area contributed by atoms with Gasteiger partial charge in [0, 0.05) is 0 Å². The van der Waals surface area contributed by atoms with Crippen molar-refractivity contribution >= 4 is 11.9 Å². The molecule has 1 rings (SSSR count). The number of carbonyl (C=O) groups excluding carboxylic acids is 1. The predicted octanol–water partition coefficient (Wildman–Crippen LogP) is 2.27. The van der Waals surface area contributed by atoms with E-state index in [0.717, 1.165) is 5.56 Å². The molecule has 1 aromatic rings. The smallest absolute Gasteiger partial charge is 0.345 e. The van der Waals surface area contributed by atoms with Gasteiger partial charge in [0.05, 0.1) is 5.56 Å². The number of hydrogen-bond acceptors (Lipinski definition) is 3. The summed E-state index contributed by atoms with van der Waals surface area (Å²) in [7, 11) is 0. The van der Waals surface area contributed by atoms with Crippen molar-refractivity contribution in [1.29, 1.82) is 0 Å². The molecule has 0 aromatic heterocycles. The number of carboxylic acid groups (broad SMARTS) is 1. The van der Waals surface area contributed by atoms with Crippen LogP contribution in [0.1, 0.15) is 36.2 Å². The van der Waals surface area contributed by atoms with Crippen LogP contribution in [0.5, 0.6) is 0 Å². The summed E-state index contributed by atoms with van der Waals surface area (Å²) in [5.41, 5.74) is 1.30. The minimum atomic E-state index is -1.12. The van der Waals surface area contributed by atoms with Crippen LogP contribution >= 0.6 is 0 Å². The van der Waals surface area contributed by atoms with E-state index >= 15 is 0 Å². The van der Waals surface area contributed by atoms with Crippen molar-refractivity contribution in [3.63, 3.8) is 0 Å². The largest absolute Gasteiger partial charge is 0.479 e. The van der Waals surface area contributed by atoms with Gasteiger partial charge in [-0.25, -0.2) is 9.59 Å². The van der Waals surface area contributed by atoms with Crippen molar-refractivity contribution in [3.8, 4) is 0 Å². The van der Waals surface area contributed by atoms with E-state index in [1.807, 2.05) is 19.1 Å². The normalized spacial score (nSPS) is 11.9. The molecule has 0 amide bonds. The highest BCUT2D eigenvalue weighted by atomic mass is 16.6. The number of aliphatic carboxylic acids is 1. The summed E-state index contributed by atoms with van der Waals surface area (Å²) < 4.78 is 4.95. The van der Waals surface area contributed by atoms with E-state index in [1.54, 1.807) is 19.1 Å². The van der Waals surface area contributed by atoms with E-state index in [4.69, 9.17) is 9.84 Å².